The Morgan fingerprint density at radius 1 is 0.520 bits per heavy atom. The number of amidine groups is 1. The molecule has 6 aliphatic heterocycles. The number of anilines is 1. The van der Waals surface area contributed by atoms with Crippen LogP contribution >= 0.6 is 23.2 Å². The maximum absolute atomic E-state index is 15.5. The first kappa shape index (κ1) is 78.8. The van der Waals surface area contributed by atoms with Crippen molar-refractivity contribution in [3.63, 3.8) is 0 Å². The average Bonchev–Trinajstić information content (AvgIpc) is 1.38. The lowest BCUT2D eigenvalue weighted by Crippen LogP contribution is -2.58. The van der Waals surface area contributed by atoms with Crippen molar-refractivity contribution < 1.29 is 72.0 Å². The highest BCUT2D eigenvalue weighted by molar-refractivity contribution is 7.97. The number of rotatable bonds is 15. The summed E-state index contributed by atoms with van der Waals surface area (Å²) in [6.07, 6.45) is 1.77. The number of alkyl halides is 4. The lowest BCUT2D eigenvalue weighted by Gasteiger charge is -2.45. The van der Waals surface area contributed by atoms with Crippen LogP contribution < -0.4 is 11.5 Å². The van der Waals surface area contributed by atoms with Gasteiger partial charge in [-0.05, 0) is 160 Å². The van der Waals surface area contributed by atoms with E-state index in [1.54, 1.807) is 104 Å². The van der Waals surface area contributed by atoms with Crippen molar-refractivity contribution in [1.29, 1.82) is 0 Å². The summed E-state index contributed by atoms with van der Waals surface area (Å²) in [4.78, 5) is 78.0. The molecule has 11 rings (SSSR count). The van der Waals surface area contributed by atoms with E-state index >= 15 is 8.78 Å². The van der Waals surface area contributed by atoms with Crippen molar-refractivity contribution in [2.45, 2.75) is 220 Å². The molecule has 0 saturated carbocycles. The van der Waals surface area contributed by atoms with E-state index in [2.05, 4.69) is 43.2 Å². The fraction of sp³-hybridized carbons (Fsp3) is 0.576. The van der Waals surface area contributed by atoms with Crippen LogP contribution in [0.25, 0.3) is 0 Å². The van der Waals surface area contributed by atoms with Gasteiger partial charge >= 0.3 is 25.0 Å². The quantitative estimate of drug-likeness (QED) is 0.0559. The normalized spacial score (nSPS) is 28.1. The van der Waals surface area contributed by atoms with E-state index in [-0.39, 0.29) is 102 Å². The summed E-state index contributed by atoms with van der Waals surface area (Å²) in [5.41, 5.74) is 6.42. The molecule has 5 aromatic heterocycles. The fourth-order valence-corrected chi connectivity index (χ4v) is 23.7. The number of hydrogen-bond acceptors (Lipinski definition) is 22. The lowest BCUT2D eigenvalue weighted by atomic mass is 9.88. The third kappa shape index (κ3) is 14.4. The third-order valence-corrected chi connectivity index (χ3v) is 30.6. The van der Waals surface area contributed by atoms with Crippen LogP contribution in [0.1, 0.15) is 199 Å². The van der Waals surface area contributed by atoms with E-state index in [9.17, 15) is 53.8 Å². The molecule has 24 nitrogen and oxygen atoms in total. The van der Waals surface area contributed by atoms with Gasteiger partial charge < -0.3 is 20.9 Å². The number of fused-ring (bicyclic) bond motifs is 3. The number of Topliss-reactive ketones (excluding diaryl/α,β-unsaturated/α-hetero) is 2. The predicted molar refractivity (Wildman–Crippen MR) is 373 cm³/mol. The average molecular weight is 1530 g/mol. The Labute approximate surface area is 597 Å². The number of aliphatic imine (C=N–C) groups is 3. The summed E-state index contributed by atoms with van der Waals surface area (Å²) in [7, 11) is -8.81. The smallest absolute Gasteiger partial charge is 0.333 e. The first-order valence-electron chi connectivity index (χ1n) is 32.4. The van der Waals surface area contributed by atoms with Gasteiger partial charge in [-0.2, -0.15) is 27.8 Å². The molecule has 36 heteroatoms. The Hall–Kier alpha value is -7.30. The molecule has 0 amide bonds. The summed E-state index contributed by atoms with van der Waals surface area (Å²) < 4.78 is 161. The number of nitrogen functional groups attached to an aromatic ring is 1. The number of hydrogen-bond donors (Lipinski definition) is 2. The molecule has 556 valence electrons. The number of pyridine rings is 3. The maximum atomic E-state index is 15.5. The number of carbonyl (C=O) groups excluding carboxylic acids is 4. The lowest BCUT2D eigenvalue weighted by molar-refractivity contribution is -0.154. The van der Waals surface area contributed by atoms with E-state index in [0.717, 1.165) is 24.5 Å². The Balaban J connectivity index is 0.000000180. The van der Waals surface area contributed by atoms with E-state index < -0.39 is 147 Å². The van der Waals surface area contributed by atoms with Crippen molar-refractivity contribution in [3.8, 4) is 0 Å². The molecule has 11 heterocycles. The molecule has 0 radical (unpaired) electrons. The molecule has 0 saturated heterocycles. The molecular formula is C66H82Cl2F7N15O9S3. The SMILES string of the molecule is CC(C)(C)OC(=O)CC1=N[C@](C)(c2nc(CC(=O)c3nn(C(F)F)cc3Cl)ccc2F)[C@@H]2CCN=[S@]2(=O)C1(C)C.CC(C)(C)OC(=O)CC1=N[C@](C)(c2nc(N)ccc2F)[C@@H]2CCN=[S@]2(=O)C1(C)C.CC1(C)C(N)=N[C@](C)(c2nc(CC(=O)c3nn(C(F)F)cc3Cl)ccc2F)[C@@H]2CCN=[S@@]21=O. The van der Waals surface area contributed by atoms with Crippen LogP contribution in [0.2, 0.25) is 10.0 Å². The number of aromatic nitrogens is 7. The van der Waals surface area contributed by atoms with Gasteiger partial charge in [-0.1, -0.05) is 23.2 Å². The van der Waals surface area contributed by atoms with Gasteiger partial charge in [0, 0.05) is 42.4 Å². The molecule has 0 spiro atoms. The van der Waals surface area contributed by atoms with Crippen LogP contribution in [0.15, 0.2) is 76.9 Å². The molecule has 5 aromatic rings. The number of carbonyl (C=O) groups is 4. The van der Waals surface area contributed by atoms with Crippen LogP contribution in [0, 0.1) is 17.5 Å². The number of nitrogens with two attached hydrogens (primary N) is 2. The molecule has 9 atom stereocenters. The van der Waals surface area contributed by atoms with Crippen LogP contribution in [0.4, 0.5) is 36.6 Å². The van der Waals surface area contributed by atoms with Crippen molar-refractivity contribution in [2.75, 3.05) is 25.4 Å². The zero-order chi connectivity index (χ0) is 76.0. The third-order valence-electron chi connectivity index (χ3n) is 18.9. The van der Waals surface area contributed by atoms with Gasteiger partial charge in [-0.15, -0.1) is 0 Å². The minimum Gasteiger partial charge on any atom is -0.460 e. The standard InChI is InChI=1S/C26H31ClF3N5O4S.C20H22ClF3N6O2S.C20H29FN4O3S/c1-24(2,3)39-20(37)12-18-25(4,5)40(38)19(9-10-31-40)26(6,33-18)22-16(28)8-7-14(32-22)11-17(36)21-15(27)13-35(34-21)23(29)30;1-19(2)17(25)28-20(3,14-6-7-26-33(14,19)32)16-12(22)5-4-10(27-16)8-13(31)15-11(21)9-30(29-15)18(23)24;1-18(2,3)28-16(26)11-13-19(4,5)29(27)14(9-10-23-29)20(6,25-13)17-12(21)7-8-15(22)24-17/h7-8,13,19,23H,9-12H2,1-6H3;4-5,9,14,18H,6-8H2,1-3H3,(H2,25,28);7-8,14H,9-11H2,1-6H3,(H2,22,24)/t19-,26-,40+;14-,20-,33+;14-,20-,29+/m000/s1. The van der Waals surface area contributed by atoms with Gasteiger partial charge in [-0.25, -0.2) is 53.2 Å². The van der Waals surface area contributed by atoms with E-state index in [4.69, 9.17) is 54.1 Å². The van der Waals surface area contributed by atoms with Crippen molar-refractivity contribution in [2.24, 2.45) is 33.8 Å². The first-order valence-corrected chi connectivity index (χ1v) is 37.9. The second kappa shape index (κ2) is 27.6. The van der Waals surface area contributed by atoms with E-state index in [1.807, 2.05) is 0 Å². The molecule has 0 aliphatic carbocycles. The van der Waals surface area contributed by atoms with Gasteiger partial charge in [-0.3, -0.25) is 44.1 Å². The summed E-state index contributed by atoms with van der Waals surface area (Å²) in [5.74, 6) is -4.19. The minimum atomic E-state index is -3.06. The molecule has 0 aromatic carbocycles. The van der Waals surface area contributed by atoms with Crippen molar-refractivity contribution in [3.05, 3.63) is 116 Å². The van der Waals surface area contributed by atoms with Gasteiger partial charge in [0.1, 0.15) is 90.1 Å². The maximum Gasteiger partial charge on any atom is 0.333 e. The first-order chi connectivity index (χ1) is 46.9. The van der Waals surface area contributed by atoms with Crippen molar-refractivity contribution in [1.82, 2.24) is 34.5 Å². The second-order valence-corrected chi connectivity index (χ2v) is 39.2. The zero-order valence-corrected chi connectivity index (χ0v) is 62.8. The minimum absolute atomic E-state index is 0.0320. The Kier molecular flexibility index (Phi) is 21.4. The molecule has 0 unspecified atom stereocenters. The summed E-state index contributed by atoms with van der Waals surface area (Å²) in [6, 6.07) is 7.44. The topological polar surface area (TPSA) is 338 Å². The highest BCUT2D eigenvalue weighted by Crippen LogP contribution is 2.52. The zero-order valence-electron chi connectivity index (χ0n) is 58.8. The van der Waals surface area contributed by atoms with Crippen LogP contribution in [-0.4, -0.2) is 149 Å². The van der Waals surface area contributed by atoms with Crippen LogP contribution in [-0.2, 0) is 77.7 Å². The monoisotopic (exact) mass is 1530 g/mol. The Morgan fingerprint density at radius 3 is 1.18 bits per heavy atom. The van der Waals surface area contributed by atoms with Crippen LogP contribution in [0.3, 0.4) is 0 Å². The van der Waals surface area contributed by atoms with E-state index in [0.29, 0.717) is 38.1 Å². The van der Waals surface area contributed by atoms with Crippen molar-refractivity contribution >= 4 is 99.0 Å². The molecular weight excluding hydrogens is 1450 g/mol. The molecule has 0 fully saturated rings. The number of esters is 2. The summed E-state index contributed by atoms with van der Waals surface area (Å²) in [5, 5.41) is 4.71. The number of halogens is 9. The second-order valence-electron chi connectivity index (χ2n) is 29.4. The molecule has 6 aliphatic rings. The van der Waals surface area contributed by atoms with Gasteiger partial charge in [0.15, 0.2) is 11.6 Å². The molecule has 102 heavy (non-hydrogen) atoms. The molecule has 4 N–H and O–H groups in total. The van der Waals surface area contributed by atoms with Gasteiger partial charge in [0.05, 0.1) is 103 Å². The summed E-state index contributed by atoms with van der Waals surface area (Å²) >= 11 is 11.8. The largest absolute Gasteiger partial charge is 0.460 e. The number of ether oxygens (including phenoxy) is 2. The highest BCUT2D eigenvalue weighted by atomic mass is 35.5. The predicted octanol–water partition coefficient (Wildman–Crippen LogP) is 12.0. The summed E-state index contributed by atoms with van der Waals surface area (Å²) in [6.45, 7) is 20.9. The van der Waals surface area contributed by atoms with Gasteiger partial charge in [0.2, 0.25) is 0 Å². The Morgan fingerprint density at radius 2 is 0.843 bits per heavy atom. The van der Waals surface area contributed by atoms with Gasteiger partial charge in [0.25, 0.3) is 0 Å². The highest BCUT2D eigenvalue weighted by Gasteiger charge is 2.61. The fourth-order valence-electron chi connectivity index (χ4n) is 13.6. The van der Waals surface area contributed by atoms with E-state index in [1.165, 1.54) is 24.3 Å². The van der Waals surface area contributed by atoms with Crippen LogP contribution in [0.5, 0.6) is 0 Å². The number of nitrogens with zero attached hydrogens (tertiary/aromatic N) is 13. The number of ketones is 2. The molecule has 0 bridgehead atoms. The Bertz CT molecular complexity index is 4750.